The van der Waals surface area contributed by atoms with Gasteiger partial charge in [-0.1, -0.05) is 17.7 Å². The quantitative estimate of drug-likeness (QED) is 0.818. The van der Waals surface area contributed by atoms with Crippen molar-refractivity contribution >= 4 is 17.5 Å². The molecule has 0 aliphatic carbocycles. The summed E-state index contributed by atoms with van der Waals surface area (Å²) in [4.78, 5) is 11.5. The number of hydrazine groups is 1. The Morgan fingerprint density at radius 3 is 2.71 bits per heavy atom. The molecule has 4 nitrogen and oxygen atoms in total. The van der Waals surface area contributed by atoms with Gasteiger partial charge in [0.2, 0.25) is 5.91 Å². The maximum absolute atomic E-state index is 11.5. The van der Waals surface area contributed by atoms with E-state index in [4.69, 9.17) is 16.3 Å². The number of halogens is 1. The molecule has 0 radical (unpaired) electrons. The van der Waals surface area contributed by atoms with Crippen LogP contribution in [-0.4, -0.2) is 31.6 Å². The lowest BCUT2D eigenvalue weighted by molar-refractivity contribution is -0.124. The minimum absolute atomic E-state index is 0.0739. The molecule has 1 aromatic rings. The molecule has 0 spiro atoms. The highest BCUT2D eigenvalue weighted by molar-refractivity contribution is 6.32. The van der Waals surface area contributed by atoms with Crippen LogP contribution in [0.15, 0.2) is 18.2 Å². The summed E-state index contributed by atoms with van der Waals surface area (Å²) in [5, 5.41) is 2.14. The molecule has 1 amide bonds. The van der Waals surface area contributed by atoms with Crippen LogP contribution in [0, 0.1) is 0 Å². The number of nitrogens with one attached hydrogen (secondary N) is 1. The lowest BCUT2D eigenvalue weighted by atomic mass is 10.1. The summed E-state index contributed by atoms with van der Waals surface area (Å²) in [6.45, 7) is 2.47. The standard InChI is InChI=1S/C12H17ClN2O2/c1-4-17-11-6-5-9(7-10(11)13)8-12(16)14-15(2)3/h5-7H,4,8H2,1-3H3,(H,14,16). The number of hydrogen-bond donors (Lipinski definition) is 1. The highest BCUT2D eigenvalue weighted by Gasteiger charge is 2.07. The van der Waals surface area contributed by atoms with Crippen molar-refractivity contribution < 1.29 is 9.53 Å². The molecule has 0 saturated carbocycles. The molecule has 0 aliphatic heterocycles. The zero-order valence-corrected chi connectivity index (χ0v) is 11.0. The molecule has 1 rings (SSSR count). The Morgan fingerprint density at radius 2 is 2.18 bits per heavy atom. The lowest BCUT2D eigenvalue weighted by Gasteiger charge is -2.12. The molecule has 0 bridgehead atoms. The average molecular weight is 257 g/mol. The third-order valence-corrected chi connectivity index (χ3v) is 2.30. The highest BCUT2D eigenvalue weighted by atomic mass is 35.5. The minimum atomic E-state index is -0.0739. The van der Waals surface area contributed by atoms with Gasteiger partial charge in [0.15, 0.2) is 0 Å². The maximum atomic E-state index is 11.5. The van der Waals surface area contributed by atoms with Crippen LogP contribution in [0.25, 0.3) is 0 Å². The van der Waals surface area contributed by atoms with Crippen molar-refractivity contribution in [1.29, 1.82) is 0 Å². The van der Waals surface area contributed by atoms with Gasteiger partial charge in [-0.3, -0.25) is 10.2 Å². The van der Waals surface area contributed by atoms with Gasteiger partial charge in [-0.05, 0) is 24.6 Å². The van der Waals surface area contributed by atoms with E-state index in [0.717, 1.165) is 5.56 Å². The van der Waals surface area contributed by atoms with E-state index in [1.807, 2.05) is 13.0 Å². The Balaban J connectivity index is 2.67. The van der Waals surface area contributed by atoms with E-state index in [9.17, 15) is 4.79 Å². The molecule has 0 aromatic heterocycles. The first-order valence-corrected chi connectivity index (χ1v) is 5.78. The summed E-state index contributed by atoms with van der Waals surface area (Å²) in [5.74, 6) is 0.571. The fourth-order valence-electron chi connectivity index (χ4n) is 1.40. The molecular formula is C12H17ClN2O2. The first-order valence-electron chi connectivity index (χ1n) is 5.41. The van der Waals surface area contributed by atoms with Crippen molar-refractivity contribution in [2.75, 3.05) is 20.7 Å². The summed E-state index contributed by atoms with van der Waals surface area (Å²) in [6.07, 6.45) is 0.296. The van der Waals surface area contributed by atoms with Gasteiger partial charge in [0.25, 0.3) is 0 Å². The monoisotopic (exact) mass is 256 g/mol. The molecule has 0 aliphatic rings. The smallest absolute Gasteiger partial charge is 0.238 e. The molecule has 0 unspecified atom stereocenters. The second-order valence-electron chi connectivity index (χ2n) is 3.80. The van der Waals surface area contributed by atoms with Crippen molar-refractivity contribution in [3.8, 4) is 5.75 Å². The van der Waals surface area contributed by atoms with Crippen LogP contribution in [0.2, 0.25) is 5.02 Å². The number of amides is 1. The van der Waals surface area contributed by atoms with Crippen LogP contribution in [-0.2, 0) is 11.2 Å². The largest absolute Gasteiger partial charge is 0.492 e. The first-order chi connectivity index (χ1) is 8.02. The van der Waals surface area contributed by atoms with Crippen molar-refractivity contribution in [1.82, 2.24) is 10.4 Å². The van der Waals surface area contributed by atoms with E-state index in [2.05, 4.69) is 5.43 Å². The van der Waals surface area contributed by atoms with Crippen molar-refractivity contribution in [2.24, 2.45) is 0 Å². The van der Waals surface area contributed by atoms with Crippen LogP contribution in [0.5, 0.6) is 5.75 Å². The summed E-state index contributed by atoms with van der Waals surface area (Å²) >= 11 is 6.03. The molecule has 0 fully saturated rings. The van der Waals surface area contributed by atoms with Gasteiger partial charge in [0, 0.05) is 14.1 Å². The predicted molar refractivity (Wildman–Crippen MR) is 68.2 cm³/mol. The molecule has 1 aromatic carbocycles. The predicted octanol–water partition coefficient (Wildman–Crippen LogP) is 1.87. The lowest BCUT2D eigenvalue weighted by Crippen LogP contribution is -2.37. The Morgan fingerprint density at radius 1 is 1.47 bits per heavy atom. The Hall–Kier alpha value is -1.26. The molecule has 5 heteroatoms. The minimum Gasteiger partial charge on any atom is -0.492 e. The number of hydrogen-bond acceptors (Lipinski definition) is 3. The molecule has 0 saturated heterocycles. The molecule has 17 heavy (non-hydrogen) atoms. The fourth-order valence-corrected chi connectivity index (χ4v) is 1.66. The number of benzene rings is 1. The van der Waals surface area contributed by atoms with Gasteiger partial charge in [0.1, 0.15) is 5.75 Å². The van der Waals surface area contributed by atoms with Crippen molar-refractivity contribution in [3.05, 3.63) is 28.8 Å². The summed E-state index contributed by atoms with van der Waals surface area (Å²) in [7, 11) is 3.53. The van der Waals surface area contributed by atoms with Crippen LogP contribution >= 0.6 is 11.6 Å². The van der Waals surface area contributed by atoms with Crippen molar-refractivity contribution in [3.63, 3.8) is 0 Å². The number of carbonyl (C=O) groups excluding carboxylic acids is 1. The number of carbonyl (C=O) groups is 1. The molecule has 94 valence electrons. The van der Waals surface area contributed by atoms with E-state index >= 15 is 0 Å². The van der Waals surface area contributed by atoms with Crippen LogP contribution in [0.1, 0.15) is 12.5 Å². The third-order valence-electron chi connectivity index (χ3n) is 2.01. The Bertz CT molecular complexity index is 394. The van der Waals surface area contributed by atoms with Gasteiger partial charge in [0.05, 0.1) is 18.1 Å². The van der Waals surface area contributed by atoms with Gasteiger partial charge in [-0.25, -0.2) is 5.01 Å². The molecule has 1 N–H and O–H groups in total. The number of ether oxygens (including phenoxy) is 1. The van der Waals surface area contributed by atoms with Crippen LogP contribution in [0.3, 0.4) is 0 Å². The van der Waals surface area contributed by atoms with E-state index in [1.165, 1.54) is 0 Å². The summed E-state index contributed by atoms with van der Waals surface area (Å²) in [5.41, 5.74) is 3.53. The second-order valence-corrected chi connectivity index (χ2v) is 4.21. The van der Waals surface area contributed by atoms with Gasteiger partial charge in [-0.2, -0.15) is 0 Å². The van der Waals surface area contributed by atoms with Crippen LogP contribution < -0.4 is 10.2 Å². The van der Waals surface area contributed by atoms with E-state index in [-0.39, 0.29) is 5.91 Å². The highest BCUT2D eigenvalue weighted by Crippen LogP contribution is 2.25. The summed E-state index contributed by atoms with van der Waals surface area (Å²) < 4.78 is 5.32. The average Bonchev–Trinajstić information content (AvgIpc) is 2.21. The van der Waals surface area contributed by atoms with E-state index in [1.54, 1.807) is 31.2 Å². The van der Waals surface area contributed by atoms with E-state index in [0.29, 0.717) is 23.8 Å². The normalized spacial score (nSPS) is 10.4. The summed E-state index contributed by atoms with van der Waals surface area (Å²) in [6, 6.07) is 5.37. The molecule has 0 heterocycles. The van der Waals surface area contributed by atoms with Crippen molar-refractivity contribution in [2.45, 2.75) is 13.3 Å². The Labute approximate surface area is 106 Å². The van der Waals surface area contributed by atoms with Gasteiger partial charge >= 0.3 is 0 Å². The van der Waals surface area contributed by atoms with Gasteiger partial charge < -0.3 is 4.74 Å². The number of rotatable bonds is 5. The van der Waals surface area contributed by atoms with Gasteiger partial charge in [-0.15, -0.1) is 0 Å². The second kappa shape index (κ2) is 6.47. The van der Waals surface area contributed by atoms with Crippen LogP contribution in [0.4, 0.5) is 0 Å². The molecule has 0 atom stereocenters. The zero-order valence-electron chi connectivity index (χ0n) is 10.3. The Kier molecular flexibility index (Phi) is 5.25. The molecular weight excluding hydrogens is 240 g/mol. The topological polar surface area (TPSA) is 41.6 Å². The number of nitrogens with zero attached hydrogens (tertiary/aromatic N) is 1. The fraction of sp³-hybridized carbons (Fsp3) is 0.417. The SMILES string of the molecule is CCOc1ccc(CC(=O)NN(C)C)cc1Cl. The third kappa shape index (κ3) is 4.63. The first kappa shape index (κ1) is 13.8. The van der Waals surface area contributed by atoms with E-state index < -0.39 is 0 Å². The maximum Gasteiger partial charge on any atom is 0.238 e. The zero-order chi connectivity index (χ0) is 12.8.